The van der Waals surface area contributed by atoms with Crippen molar-refractivity contribution in [2.75, 3.05) is 7.05 Å². The predicted octanol–water partition coefficient (Wildman–Crippen LogP) is 2.26. The number of carbonyl (C=O) groups is 2. The molecule has 1 aromatic heterocycles. The fraction of sp³-hybridized carbons (Fsp3) is 0.278. The van der Waals surface area contributed by atoms with Crippen LogP contribution in [0.5, 0.6) is 0 Å². The molecule has 0 saturated carbocycles. The van der Waals surface area contributed by atoms with Gasteiger partial charge in [0.15, 0.2) is 0 Å². The largest absolute Gasteiger partial charge is 0.465 e. The SMILES string of the molecule is CCC(C(=O)NNCc1ccc(-c2ccccn2)cc1)N(C)C(=O)O. The predicted molar refractivity (Wildman–Crippen MR) is 94.5 cm³/mol. The van der Waals surface area contributed by atoms with Crippen molar-refractivity contribution in [3.8, 4) is 11.3 Å². The van der Waals surface area contributed by atoms with Gasteiger partial charge in [0, 0.05) is 25.4 Å². The normalized spacial score (nSPS) is 11.6. The summed E-state index contributed by atoms with van der Waals surface area (Å²) in [5.74, 6) is -0.377. The van der Waals surface area contributed by atoms with Gasteiger partial charge in [0.2, 0.25) is 0 Å². The Labute approximate surface area is 146 Å². The van der Waals surface area contributed by atoms with E-state index in [1.54, 1.807) is 13.1 Å². The Hall–Kier alpha value is -2.93. The molecular weight excluding hydrogens is 320 g/mol. The van der Waals surface area contributed by atoms with E-state index in [4.69, 9.17) is 5.11 Å². The van der Waals surface area contributed by atoms with E-state index in [9.17, 15) is 9.59 Å². The van der Waals surface area contributed by atoms with Crippen molar-refractivity contribution >= 4 is 12.0 Å². The smallest absolute Gasteiger partial charge is 0.407 e. The third kappa shape index (κ3) is 5.02. The highest BCUT2D eigenvalue weighted by Gasteiger charge is 2.24. The Morgan fingerprint density at radius 1 is 1.20 bits per heavy atom. The van der Waals surface area contributed by atoms with Crippen LogP contribution in [0.25, 0.3) is 11.3 Å². The second-order valence-corrected chi connectivity index (χ2v) is 5.57. The first-order valence-corrected chi connectivity index (χ1v) is 8.01. The van der Waals surface area contributed by atoms with Crippen molar-refractivity contribution in [2.45, 2.75) is 25.9 Å². The summed E-state index contributed by atoms with van der Waals surface area (Å²) < 4.78 is 0. The zero-order chi connectivity index (χ0) is 18.2. The van der Waals surface area contributed by atoms with E-state index in [0.717, 1.165) is 21.7 Å². The van der Waals surface area contributed by atoms with Crippen LogP contribution in [0.1, 0.15) is 18.9 Å². The summed E-state index contributed by atoms with van der Waals surface area (Å²) in [5.41, 5.74) is 8.30. The molecule has 1 aromatic carbocycles. The lowest BCUT2D eigenvalue weighted by atomic mass is 10.1. The molecule has 1 unspecified atom stereocenters. The molecule has 0 radical (unpaired) electrons. The summed E-state index contributed by atoms with van der Waals surface area (Å²) in [6, 6.07) is 12.9. The Kier molecular flexibility index (Phi) is 6.47. The first-order valence-electron chi connectivity index (χ1n) is 8.01. The molecule has 0 bridgehead atoms. The second-order valence-electron chi connectivity index (χ2n) is 5.57. The van der Waals surface area contributed by atoms with E-state index in [1.165, 1.54) is 7.05 Å². The minimum Gasteiger partial charge on any atom is -0.465 e. The van der Waals surface area contributed by atoms with Gasteiger partial charge in [0.1, 0.15) is 6.04 Å². The molecule has 0 aliphatic rings. The zero-order valence-corrected chi connectivity index (χ0v) is 14.3. The van der Waals surface area contributed by atoms with Crippen molar-refractivity contribution in [1.82, 2.24) is 20.7 Å². The van der Waals surface area contributed by atoms with Gasteiger partial charge in [-0.2, -0.15) is 0 Å². The van der Waals surface area contributed by atoms with Crippen molar-refractivity contribution in [3.05, 3.63) is 54.2 Å². The molecular formula is C18H22N4O3. The van der Waals surface area contributed by atoms with Gasteiger partial charge >= 0.3 is 6.09 Å². The fourth-order valence-corrected chi connectivity index (χ4v) is 2.41. The van der Waals surface area contributed by atoms with Crippen LogP contribution in [-0.2, 0) is 11.3 Å². The molecule has 2 aromatic rings. The molecule has 25 heavy (non-hydrogen) atoms. The van der Waals surface area contributed by atoms with Gasteiger partial charge in [-0.1, -0.05) is 37.3 Å². The van der Waals surface area contributed by atoms with Crippen LogP contribution < -0.4 is 10.9 Å². The number of carboxylic acid groups (broad SMARTS) is 1. The lowest BCUT2D eigenvalue weighted by Gasteiger charge is -2.23. The maximum absolute atomic E-state index is 12.1. The number of aromatic nitrogens is 1. The number of benzene rings is 1. The Balaban J connectivity index is 1.87. The molecule has 2 rings (SSSR count). The number of nitrogens with zero attached hydrogens (tertiary/aromatic N) is 2. The van der Waals surface area contributed by atoms with Crippen molar-refractivity contribution in [1.29, 1.82) is 0 Å². The highest BCUT2D eigenvalue weighted by Crippen LogP contribution is 2.16. The number of nitrogens with one attached hydrogen (secondary N) is 2. The number of amides is 2. The fourth-order valence-electron chi connectivity index (χ4n) is 2.41. The molecule has 0 spiro atoms. The molecule has 0 saturated heterocycles. The first kappa shape index (κ1) is 18.4. The summed E-state index contributed by atoms with van der Waals surface area (Å²) >= 11 is 0. The molecule has 132 valence electrons. The van der Waals surface area contributed by atoms with Crippen molar-refractivity contribution < 1.29 is 14.7 Å². The second kappa shape index (κ2) is 8.79. The maximum atomic E-state index is 12.1. The number of pyridine rings is 1. The molecule has 7 nitrogen and oxygen atoms in total. The van der Waals surface area contributed by atoms with Gasteiger partial charge in [0.05, 0.1) is 5.69 Å². The minimum atomic E-state index is -1.13. The molecule has 0 aliphatic carbocycles. The number of hydrazine groups is 1. The van der Waals surface area contributed by atoms with Gasteiger partial charge in [-0.25, -0.2) is 10.2 Å². The van der Waals surface area contributed by atoms with Crippen LogP contribution in [0.3, 0.4) is 0 Å². The maximum Gasteiger partial charge on any atom is 0.407 e. The van der Waals surface area contributed by atoms with E-state index in [0.29, 0.717) is 13.0 Å². The van der Waals surface area contributed by atoms with Gasteiger partial charge in [0.25, 0.3) is 5.91 Å². The van der Waals surface area contributed by atoms with Crippen molar-refractivity contribution in [2.24, 2.45) is 0 Å². The summed E-state index contributed by atoms with van der Waals surface area (Å²) in [7, 11) is 1.38. The number of carbonyl (C=O) groups excluding carboxylic acids is 1. The number of likely N-dealkylation sites (N-methyl/N-ethyl adjacent to an activating group) is 1. The quantitative estimate of drug-likeness (QED) is 0.671. The summed E-state index contributed by atoms with van der Waals surface area (Å²) in [4.78, 5) is 28.3. The van der Waals surface area contributed by atoms with E-state index < -0.39 is 12.1 Å². The molecule has 1 atom stereocenters. The van der Waals surface area contributed by atoms with Crippen LogP contribution >= 0.6 is 0 Å². The highest BCUT2D eigenvalue weighted by atomic mass is 16.4. The van der Waals surface area contributed by atoms with E-state index >= 15 is 0 Å². The monoisotopic (exact) mass is 342 g/mol. The summed E-state index contributed by atoms with van der Waals surface area (Å²) in [6.45, 7) is 2.20. The molecule has 0 aliphatic heterocycles. The van der Waals surface area contributed by atoms with Crippen LogP contribution in [0.15, 0.2) is 48.7 Å². The Bertz CT molecular complexity index is 704. The van der Waals surface area contributed by atoms with Crippen LogP contribution in [-0.4, -0.2) is 40.1 Å². The lowest BCUT2D eigenvalue weighted by molar-refractivity contribution is -0.126. The molecule has 0 fully saturated rings. The minimum absolute atomic E-state index is 0.377. The standard InChI is InChI=1S/C18H22N4O3/c1-3-16(22(2)18(24)25)17(23)21-20-12-13-7-9-14(10-8-13)15-6-4-5-11-19-15/h4-11,16,20H,3,12H2,1-2H3,(H,21,23)(H,24,25). The highest BCUT2D eigenvalue weighted by molar-refractivity contribution is 5.84. The summed E-state index contributed by atoms with van der Waals surface area (Å²) in [5, 5.41) is 8.98. The van der Waals surface area contributed by atoms with Gasteiger partial charge in [-0.3, -0.25) is 20.1 Å². The number of hydrogen-bond acceptors (Lipinski definition) is 4. The number of rotatable bonds is 7. The number of hydrogen-bond donors (Lipinski definition) is 3. The van der Waals surface area contributed by atoms with Gasteiger partial charge < -0.3 is 5.11 Å². The third-order valence-corrected chi connectivity index (χ3v) is 3.88. The van der Waals surface area contributed by atoms with Gasteiger partial charge in [-0.15, -0.1) is 0 Å². The zero-order valence-electron chi connectivity index (χ0n) is 14.3. The van der Waals surface area contributed by atoms with Crippen molar-refractivity contribution in [3.63, 3.8) is 0 Å². The average molecular weight is 342 g/mol. The third-order valence-electron chi connectivity index (χ3n) is 3.88. The van der Waals surface area contributed by atoms with Crippen LogP contribution in [0.2, 0.25) is 0 Å². The summed E-state index contributed by atoms with van der Waals surface area (Å²) in [6.07, 6.45) is 1.01. The van der Waals surface area contributed by atoms with Crippen LogP contribution in [0, 0.1) is 0 Å². The van der Waals surface area contributed by atoms with Gasteiger partial charge in [-0.05, 0) is 24.1 Å². The molecule has 3 N–H and O–H groups in total. The first-order chi connectivity index (χ1) is 12.0. The molecule has 1 heterocycles. The van der Waals surface area contributed by atoms with Crippen LogP contribution in [0.4, 0.5) is 4.79 Å². The van der Waals surface area contributed by atoms with E-state index in [2.05, 4.69) is 15.8 Å². The van der Waals surface area contributed by atoms with E-state index in [1.807, 2.05) is 42.5 Å². The molecule has 7 heteroatoms. The topological polar surface area (TPSA) is 94.6 Å². The molecule has 2 amide bonds. The Morgan fingerprint density at radius 3 is 2.48 bits per heavy atom. The van der Waals surface area contributed by atoms with E-state index in [-0.39, 0.29) is 5.91 Å². The average Bonchev–Trinajstić information content (AvgIpc) is 2.63. The Morgan fingerprint density at radius 2 is 1.92 bits per heavy atom. The lowest BCUT2D eigenvalue weighted by Crippen LogP contribution is -2.50.